The molecule has 1 heterocycles. The molecule has 0 spiro atoms. The zero-order valence-corrected chi connectivity index (χ0v) is 9.74. The number of carboxylic acids is 1. The Hall–Kier alpha value is -2.20. The quantitative estimate of drug-likeness (QED) is 0.876. The van der Waals surface area contributed by atoms with Gasteiger partial charge in [0.1, 0.15) is 0 Å². The Morgan fingerprint density at radius 2 is 1.83 bits per heavy atom. The molecule has 0 aliphatic heterocycles. The van der Waals surface area contributed by atoms with E-state index in [0.29, 0.717) is 12.2 Å². The summed E-state index contributed by atoms with van der Waals surface area (Å²) in [6.07, 6.45) is 3.40. The number of rotatable bonds is 5. The van der Waals surface area contributed by atoms with Gasteiger partial charge in [-0.05, 0) is 29.3 Å². The van der Waals surface area contributed by atoms with Gasteiger partial charge in [-0.1, -0.05) is 18.2 Å². The molecule has 92 valence electrons. The fourth-order valence-corrected chi connectivity index (χ4v) is 1.61. The summed E-state index contributed by atoms with van der Waals surface area (Å²) in [4.78, 5) is 14.9. The lowest BCUT2D eigenvalue weighted by Crippen LogP contribution is -2.04. The number of aromatic carboxylic acids is 1. The first kappa shape index (κ1) is 12.3. The van der Waals surface area contributed by atoms with Crippen LogP contribution < -0.4 is 0 Å². The first-order valence-corrected chi connectivity index (χ1v) is 5.55. The van der Waals surface area contributed by atoms with Gasteiger partial charge < -0.3 is 9.84 Å². The monoisotopic (exact) mass is 243 g/mol. The van der Waals surface area contributed by atoms with Gasteiger partial charge in [0.25, 0.3) is 0 Å². The standard InChI is InChI=1S/C14H13NO3/c16-14(17)13-4-2-1-3-12(13)10-18-9-11-5-7-15-8-6-11/h1-8H,9-10H2,(H,16,17). The first-order valence-electron chi connectivity index (χ1n) is 5.55. The SMILES string of the molecule is O=C(O)c1ccccc1COCc1ccncc1. The van der Waals surface area contributed by atoms with Gasteiger partial charge in [-0.2, -0.15) is 0 Å². The molecule has 4 heteroatoms. The highest BCUT2D eigenvalue weighted by atomic mass is 16.5. The molecule has 0 radical (unpaired) electrons. The largest absolute Gasteiger partial charge is 0.478 e. The van der Waals surface area contributed by atoms with Gasteiger partial charge in [0.2, 0.25) is 0 Å². The van der Waals surface area contributed by atoms with Gasteiger partial charge in [-0.15, -0.1) is 0 Å². The van der Waals surface area contributed by atoms with Crippen LogP contribution in [0.25, 0.3) is 0 Å². The number of pyridine rings is 1. The van der Waals surface area contributed by atoms with E-state index in [1.165, 1.54) is 0 Å². The Labute approximate surface area is 105 Å². The van der Waals surface area contributed by atoms with Crippen LogP contribution in [0.3, 0.4) is 0 Å². The van der Waals surface area contributed by atoms with Crippen molar-refractivity contribution >= 4 is 5.97 Å². The predicted molar refractivity (Wildman–Crippen MR) is 66.1 cm³/mol. The van der Waals surface area contributed by atoms with Crippen molar-refractivity contribution in [3.05, 3.63) is 65.5 Å². The van der Waals surface area contributed by atoms with Crippen LogP contribution in [0.4, 0.5) is 0 Å². The zero-order chi connectivity index (χ0) is 12.8. The van der Waals surface area contributed by atoms with E-state index in [4.69, 9.17) is 9.84 Å². The molecular formula is C14H13NO3. The van der Waals surface area contributed by atoms with Crippen LogP contribution in [0.15, 0.2) is 48.8 Å². The Bertz CT molecular complexity index is 526. The van der Waals surface area contributed by atoms with Crippen LogP contribution in [0, 0.1) is 0 Å². The van der Waals surface area contributed by atoms with Gasteiger partial charge in [0.15, 0.2) is 0 Å². The molecule has 18 heavy (non-hydrogen) atoms. The van der Waals surface area contributed by atoms with Crippen molar-refractivity contribution in [2.24, 2.45) is 0 Å². The van der Waals surface area contributed by atoms with Crippen LogP contribution >= 0.6 is 0 Å². The number of carbonyl (C=O) groups is 1. The van der Waals surface area contributed by atoms with Crippen molar-refractivity contribution in [2.45, 2.75) is 13.2 Å². The maximum absolute atomic E-state index is 11.0. The van der Waals surface area contributed by atoms with Gasteiger partial charge >= 0.3 is 5.97 Å². The molecule has 1 aromatic carbocycles. The lowest BCUT2D eigenvalue weighted by molar-refractivity contribution is 0.0684. The third-order valence-corrected chi connectivity index (χ3v) is 2.52. The summed E-state index contributed by atoms with van der Waals surface area (Å²) < 4.78 is 5.51. The molecule has 0 unspecified atom stereocenters. The molecule has 2 aromatic rings. The number of aromatic nitrogens is 1. The highest BCUT2D eigenvalue weighted by Crippen LogP contribution is 2.11. The molecule has 0 fully saturated rings. The predicted octanol–water partition coefficient (Wildman–Crippen LogP) is 2.50. The maximum atomic E-state index is 11.0. The van der Waals surface area contributed by atoms with E-state index in [-0.39, 0.29) is 12.2 Å². The molecule has 0 aliphatic rings. The van der Waals surface area contributed by atoms with Crippen LogP contribution in [0.2, 0.25) is 0 Å². The number of hydrogen-bond acceptors (Lipinski definition) is 3. The summed E-state index contributed by atoms with van der Waals surface area (Å²) in [5.41, 5.74) is 1.98. The maximum Gasteiger partial charge on any atom is 0.336 e. The minimum atomic E-state index is -0.932. The molecule has 0 saturated heterocycles. The van der Waals surface area contributed by atoms with Crippen molar-refractivity contribution in [1.29, 1.82) is 0 Å². The third kappa shape index (κ3) is 3.15. The van der Waals surface area contributed by atoms with E-state index >= 15 is 0 Å². The molecule has 0 amide bonds. The Morgan fingerprint density at radius 3 is 2.56 bits per heavy atom. The number of hydrogen-bond donors (Lipinski definition) is 1. The topological polar surface area (TPSA) is 59.4 Å². The number of nitrogens with zero attached hydrogens (tertiary/aromatic N) is 1. The summed E-state index contributed by atoms with van der Waals surface area (Å²) in [5, 5.41) is 9.02. The van der Waals surface area contributed by atoms with Crippen molar-refractivity contribution in [3.63, 3.8) is 0 Å². The molecule has 0 atom stereocenters. The fraction of sp³-hybridized carbons (Fsp3) is 0.143. The van der Waals surface area contributed by atoms with E-state index < -0.39 is 5.97 Å². The molecule has 4 nitrogen and oxygen atoms in total. The summed E-state index contributed by atoms with van der Waals surface area (Å²) in [5.74, 6) is -0.932. The highest BCUT2D eigenvalue weighted by Gasteiger charge is 2.08. The molecular weight excluding hydrogens is 230 g/mol. The minimum absolute atomic E-state index is 0.283. The van der Waals surface area contributed by atoms with E-state index in [2.05, 4.69) is 4.98 Å². The van der Waals surface area contributed by atoms with Gasteiger partial charge in [0.05, 0.1) is 18.8 Å². The van der Waals surface area contributed by atoms with Crippen molar-refractivity contribution in [3.8, 4) is 0 Å². The Kier molecular flexibility index (Phi) is 4.04. The second-order valence-electron chi connectivity index (χ2n) is 3.81. The van der Waals surface area contributed by atoms with Crippen LogP contribution in [-0.2, 0) is 18.0 Å². The molecule has 1 aromatic heterocycles. The lowest BCUT2D eigenvalue weighted by atomic mass is 10.1. The van der Waals surface area contributed by atoms with Crippen molar-refractivity contribution in [2.75, 3.05) is 0 Å². The lowest BCUT2D eigenvalue weighted by Gasteiger charge is -2.07. The highest BCUT2D eigenvalue weighted by molar-refractivity contribution is 5.89. The van der Waals surface area contributed by atoms with Gasteiger partial charge in [-0.3, -0.25) is 4.98 Å². The molecule has 0 bridgehead atoms. The van der Waals surface area contributed by atoms with Crippen LogP contribution in [0.1, 0.15) is 21.5 Å². The Morgan fingerprint density at radius 1 is 1.11 bits per heavy atom. The average Bonchev–Trinajstić information content (AvgIpc) is 2.40. The number of carboxylic acid groups (broad SMARTS) is 1. The van der Waals surface area contributed by atoms with E-state index in [9.17, 15) is 4.79 Å². The Balaban J connectivity index is 1.97. The van der Waals surface area contributed by atoms with Gasteiger partial charge in [-0.25, -0.2) is 4.79 Å². The third-order valence-electron chi connectivity index (χ3n) is 2.52. The summed E-state index contributed by atoms with van der Waals surface area (Å²) in [6.45, 7) is 0.723. The van der Waals surface area contributed by atoms with E-state index in [1.54, 1.807) is 36.7 Å². The van der Waals surface area contributed by atoms with E-state index in [1.807, 2.05) is 12.1 Å². The second-order valence-corrected chi connectivity index (χ2v) is 3.81. The number of benzene rings is 1. The van der Waals surface area contributed by atoms with Crippen LogP contribution in [0.5, 0.6) is 0 Å². The summed E-state index contributed by atoms with van der Waals surface area (Å²) in [6, 6.07) is 10.6. The van der Waals surface area contributed by atoms with Gasteiger partial charge in [0, 0.05) is 12.4 Å². The molecule has 0 aliphatic carbocycles. The molecule has 0 saturated carbocycles. The zero-order valence-electron chi connectivity index (χ0n) is 9.74. The smallest absolute Gasteiger partial charge is 0.336 e. The molecule has 2 rings (SSSR count). The minimum Gasteiger partial charge on any atom is -0.478 e. The van der Waals surface area contributed by atoms with Crippen molar-refractivity contribution in [1.82, 2.24) is 4.98 Å². The van der Waals surface area contributed by atoms with E-state index in [0.717, 1.165) is 5.56 Å². The van der Waals surface area contributed by atoms with Crippen molar-refractivity contribution < 1.29 is 14.6 Å². The second kappa shape index (κ2) is 5.93. The fourth-order valence-electron chi connectivity index (χ4n) is 1.61. The average molecular weight is 243 g/mol. The first-order chi connectivity index (χ1) is 8.77. The summed E-state index contributed by atoms with van der Waals surface area (Å²) >= 11 is 0. The summed E-state index contributed by atoms with van der Waals surface area (Å²) in [7, 11) is 0. The van der Waals surface area contributed by atoms with Crippen LogP contribution in [-0.4, -0.2) is 16.1 Å². The molecule has 1 N–H and O–H groups in total. The normalized spacial score (nSPS) is 10.2. The number of ether oxygens (including phenoxy) is 1.